The van der Waals surface area contributed by atoms with Crippen molar-refractivity contribution in [1.82, 2.24) is 25.4 Å². The molecule has 2 aromatic carbocycles. The maximum absolute atomic E-state index is 13.1. The van der Waals surface area contributed by atoms with Crippen LogP contribution in [0.1, 0.15) is 16.1 Å². The number of aromatic nitrogens is 2. The summed E-state index contributed by atoms with van der Waals surface area (Å²) in [6.07, 6.45) is 0. The van der Waals surface area contributed by atoms with Crippen LogP contribution in [0.3, 0.4) is 0 Å². The summed E-state index contributed by atoms with van der Waals surface area (Å²) in [5.74, 6) is 0.447. The van der Waals surface area contributed by atoms with Crippen LogP contribution in [-0.4, -0.2) is 73.5 Å². The Morgan fingerprint density at radius 2 is 1.88 bits per heavy atom. The van der Waals surface area contributed by atoms with E-state index in [1.807, 2.05) is 65.5 Å². The van der Waals surface area contributed by atoms with Gasteiger partial charge in [0.1, 0.15) is 11.8 Å². The van der Waals surface area contributed by atoms with Gasteiger partial charge in [-0.05, 0) is 19.2 Å². The van der Waals surface area contributed by atoms with Gasteiger partial charge in [-0.2, -0.15) is 4.79 Å². The van der Waals surface area contributed by atoms with Gasteiger partial charge in [-0.1, -0.05) is 36.4 Å². The molecule has 0 bridgehead atoms. The summed E-state index contributed by atoms with van der Waals surface area (Å²) in [5, 5.41) is 13.1. The lowest BCUT2D eigenvalue weighted by atomic mass is 10.1. The first-order valence-corrected chi connectivity index (χ1v) is 10.6. The number of piperazine rings is 1. The van der Waals surface area contributed by atoms with Crippen LogP contribution in [0.15, 0.2) is 48.5 Å². The van der Waals surface area contributed by atoms with E-state index >= 15 is 0 Å². The van der Waals surface area contributed by atoms with Crippen molar-refractivity contribution < 1.29 is 14.3 Å². The van der Waals surface area contributed by atoms with E-state index in [2.05, 4.69) is 15.7 Å². The highest BCUT2D eigenvalue weighted by atomic mass is 16.5. The minimum Gasteiger partial charge on any atom is -0.496 e. The Bertz CT molecular complexity index is 1130. The van der Waals surface area contributed by atoms with Crippen LogP contribution >= 0.6 is 0 Å². The molecule has 2 N–H and O–H groups in total. The fourth-order valence-electron chi connectivity index (χ4n) is 4.02. The third-order valence-electron chi connectivity index (χ3n) is 5.85. The highest BCUT2D eigenvalue weighted by molar-refractivity contribution is 6.04. The topological polar surface area (TPSA) is 91.7 Å². The second-order valence-corrected chi connectivity index (χ2v) is 7.77. The Morgan fingerprint density at radius 3 is 2.66 bits per heavy atom. The third-order valence-corrected chi connectivity index (χ3v) is 5.85. The molecule has 4 rings (SSSR count). The van der Waals surface area contributed by atoms with Crippen molar-refractivity contribution in [2.45, 2.75) is 12.6 Å². The summed E-state index contributed by atoms with van der Waals surface area (Å²) < 4.78 is 5.38. The van der Waals surface area contributed by atoms with Crippen LogP contribution in [-0.2, 0) is 11.3 Å². The molecule has 1 aromatic heterocycles. The lowest BCUT2D eigenvalue weighted by Gasteiger charge is -2.39. The molecule has 0 spiro atoms. The van der Waals surface area contributed by atoms with E-state index in [-0.39, 0.29) is 17.9 Å². The molecule has 1 unspecified atom stereocenters. The van der Waals surface area contributed by atoms with E-state index in [4.69, 9.17) is 4.74 Å². The summed E-state index contributed by atoms with van der Waals surface area (Å²) in [7, 11) is 5.16. The van der Waals surface area contributed by atoms with Crippen molar-refractivity contribution in [3.05, 3.63) is 59.8 Å². The van der Waals surface area contributed by atoms with E-state index in [1.165, 1.54) is 0 Å². The SMILES string of the molecule is CNC(=O)c1nn(N2CCN(C)C(C(=O)NCc3ccccc3OC)C2)c2ccccc12. The molecule has 1 fully saturated rings. The molecule has 2 heterocycles. The zero-order valence-corrected chi connectivity index (χ0v) is 18.5. The van der Waals surface area contributed by atoms with Crippen molar-refractivity contribution in [3.8, 4) is 5.75 Å². The number of rotatable bonds is 6. The summed E-state index contributed by atoms with van der Waals surface area (Å²) in [5.41, 5.74) is 2.13. The highest BCUT2D eigenvalue weighted by Crippen LogP contribution is 2.21. The molecule has 1 saturated heterocycles. The number of ether oxygens (including phenoxy) is 1. The van der Waals surface area contributed by atoms with Crippen LogP contribution < -0.4 is 20.4 Å². The van der Waals surface area contributed by atoms with Gasteiger partial charge in [-0.15, -0.1) is 5.10 Å². The number of para-hydroxylation sites is 2. The summed E-state index contributed by atoms with van der Waals surface area (Å²) >= 11 is 0. The molecule has 2 amide bonds. The maximum Gasteiger partial charge on any atom is 0.272 e. The van der Waals surface area contributed by atoms with E-state index in [0.717, 1.165) is 22.2 Å². The molecule has 9 nitrogen and oxygen atoms in total. The van der Waals surface area contributed by atoms with Crippen molar-refractivity contribution in [2.24, 2.45) is 0 Å². The number of fused-ring (bicyclic) bond motifs is 1. The normalized spacial score (nSPS) is 16.7. The second-order valence-electron chi connectivity index (χ2n) is 7.77. The van der Waals surface area contributed by atoms with Crippen LogP contribution in [0.25, 0.3) is 10.9 Å². The Balaban J connectivity index is 1.53. The average molecular weight is 437 g/mol. The predicted octanol–water partition coefficient (Wildman–Crippen LogP) is 0.973. The van der Waals surface area contributed by atoms with Gasteiger partial charge < -0.3 is 15.4 Å². The molecule has 3 aromatic rings. The van der Waals surface area contributed by atoms with Crippen molar-refractivity contribution in [3.63, 3.8) is 0 Å². The fourth-order valence-corrected chi connectivity index (χ4v) is 4.02. The lowest BCUT2D eigenvalue weighted by Crippen LogP contribution is -2.60. The molecule has 9 heteroatoms. The smallest absolute Gasteiger partial charge is 0.272 e. The first-order valence-electron chi connectivity index (χ1n) is 10.6. The van der Waals surface area contributed by atoms with E-state index in [9.17, 15) is 9.59 Å². The van der Waals surface area contributed by atoms with Gasteiger partial charge in [-0.25, -0.2) is 0 Å². The Morgan fingerprint density at radius 1 is 1.12 bits per heavy atom. The van der Waals surface area contributed by atoms with Crippen molar-refractivity contribution in [1.29, 1.82) is 0 Å². The first-order chi connectivity index (χ1) is 15.5. The largest absolute Gasteiger partial charge is 0.496 e. The van der Waals surface area contributed by atoms with Crippen molar-refractivity contribution >= 4 is 22.7 Å². The molecule has 1 atom stereocenters. The number of carbonyl (C=O) groups is 2. The maximum atomic E-state index is 13.1. The number of amides is 2. The average Bonchev–Trinajstić information content (AvgIpc) is 3.22. The molecular weight excluding hydrogens is 408 g/mol. The molecule has 168 valence electrons. The number of benzene rings is 2. The van der Waals surface area contributed by atoms with Crippen LogP contribution in [0, 0.1) is 0 Å². The van der Waals surface area contributed by atoms with Gasteiger partial charge in [0.25, 0.3) is 5.91 Å². The number of likely N-dealkylation sites (N-methyl/N-ethyl adjacent to an activating group) is 1. The second kappa shape index (κ2) is 9.27. The Labute approximate surface area is 186 Å². The molecule has 0 saturated carbocycles. The minimum atomic E-state index is -0.357. The number of hydrogen-bond acceptors (Lipinski definition) is 6. The number of nitrogens with one attached hydrogen (secondary N) is 2. The molecule has 1 aliphatic heterocycles. The van der Waals surface area contributed by atoms with Crippen LogP contribution in [0.4, 0.5) is 0 Å². The lowest BCUT2D eigenvalue weighted by molar-refractivity contribution is -0.126. The highest BCUT2D eigenvalue weighted by Gasteiger charge is 2.32. The van der Waals surface area contributed by atoms with E-state index < -0.39 is 0 Å². The number of nitrogens with zero attached hydrogens (tertiary/aromatic N) is 4. The Kier molecular flexibility index (Phi) is 6.27. The zero-order chi connectivity index (χ0) is 22.7. The number of methoxy groups -OCH3 is 1. The number of hydrogen-bond donors (Lipinski definition) is 2. The van der Waals surface area contributed by atoms with Gasteiger partial charge in [-0.3, -0.25) is 19.5 Å². The quantitative estimate of drug-likeness (QED) is 0.599. The van der Waals surface area contributed by atoms with Gasteiger partial charge in [0.05, 0.1) is 19.2 Å². The van der Waals surface area contributed by atoms with E-state index in [1.54, 1.807) is 18.9 Å². The van der Waals surface area contributed by atoms with Gasteiger partial charge in [0.2, 0.25) is 5.91 Å². The zero-order valence-electron chi connectivity index (χ0n) is 18.5. The van der Waals surface area contributed by atoms with Gasteiger partial charge in [0.15, 0.2) is 5.69 Å². The predicted molar refractivity (Wildman–Crippen MR) is 122 cm³/mol. The standard InChI is InChI=1S/C23H28N6O3/c1-24-23(31)21-17-9-5-6-10-18(17)29(26-21)28-13-12-27(2)19(15-28)22(30)25-14-16-8-4-7-11-20(16)32-3/h4-11,19H,12-15H2,1-3H3,(H,24,31)(H,25,30). The summed E-state index contributed by atoms with van der Waals surface area (Å²) in [4.78, 5) is 29.2. The first kappa shape index (κ1) is 21.6. The minimum absolute atomic E-state index is 0.0638. The summed E-state index contributed by atoms with van der Waals surface area (Å²) in [6.45, 7) is 2.22. The van der Waals surface area contributed by atoms with Crippen LogP contribution in [0.5, 0.6) is 5.75 Å². The fraction of sp³-hybridized carbons (Fsp3) is 0.348. The molecular formula is C23H28N6O3. The van der Waals surface area contributed by atoms with Crippen LogP contribution in [0.2, 0.25) is 0 Å². The van der Waals surface area contributed by atoms with Gasteiger partial charge in [0, 0.05) is 37.6 Å². The molecule has 32 heavy (non-hydrogen) atoms. The monoisotopic (exact) mass is 436 g/mol. The van der Waals surface area contributed by atoms with Crippen molar-refractivity contribution in [2.75, 3.05) is 45.8 Å². The molecule has 0 aliphatic carbocycles. The number of carbonyl (C=O) groups excluding carboxylic acids is 2. The summed E-state index contributed by atoms with van der Waals surface area (Å²) in [6, 6.07) is 14.9. The molecule has 0 radical (unpaired) electrons. The van der Waals surface area contributed by atoms with Gasteiger partial charge >= 0.3 is 0 Å². The molecule has 1 aliphatic rings. The van der Waals surface area contributed by atoms with E-state index in [0.29, 0.717) is 31.9 Å². The third kappa shape index (κ3) is 4.11. The Hall–Kier alpha value is -3.59.